The van der Waals surface area contributed by atoms with E-state index in [4.69, 9.17) is 11.6 Å². The minimum absolute atomic E-state index is 0.729. The van der Waals surface area contributed by atoms with Crippen molar-refractivity contribution in [3.63, 3.8) is 0 Å². The molecule has 108 valence electrons. The Morgan fingerprint density at radius 3 is 2.81 bits per heavy atom. The minimum atomic E-state index is 0.729. The number of nitrogens with one attached hydrogen (secondary N) is 1. The van der Waals surface area contributed by atoms with Crippen molar-refractivity contribution >= 4 is 22.6 Å². The number of likely N-dealkylation sites (N-methyl/N-ethyl adjacent to an activating group) is 1. The van der Waals surface area contributed by atoms with Crippen molar-refractivity contribution in [2.75, 3.05) is 13.6 Å². The average Bonchev–Trinajstić information content (AvgIpc) is 2.88. The summed E-state index contributed by atoms with van der Waals surface area (Å²) in [5.41, 5.74) is 3.23. The average molecular weight is 301 g/mol. The summed E-state index contributed by atoms with van der Waals surface area (Å²) in [5, 5.41) is 0.729. The summed E-state index contributed by atoms with van der Waals surface area (Å²) >= 11 is 5.98. The monoisotopic (exact) mass is 300 g/mol. The van der Waals surface area contributed by atoms with Gasteiger partial charge in [0.2, 0.25) is 0 Å². The van der Waals surface area contributed by atoms with Gasteiger partial charge in [0.1, 0.15) is 5.82 Å². The maximum Gasteiger partial charge on any atom is 0.108 e. The van der Waals surface area contributed by atoms with Gasteiger partial charge in [0.05, 0.1) is 11.0 Å². The Morgan fingerprint density at radius 2 is 2.00 bits per heavy atom. The summed E-state index contributed by atoms with van der Waals surface area (Å²) in [6.45, 7) is 1.85. The highest BCUT2D eigenvalue weighted by Gasteiger charge is 2.05. The van der Waals surface area contributed by atoms with Crippen molar-refractivity contribution in [3.05, 3.63) is 59.1 Å². The minimum Gasteiger partial charge on any atom is -0.342 e. The van der Waals surface area contributed by atoms with Crippen molar-refractivity contribution < 1.29 is 0 Å². The molecule has 3 rings (SSSR count). The second kappa shape index (κ2) is 6.24. The molecular weight excluding hydrogens is 284 g/mol. The molecule has 0 aliphatic carbocycles. The van der Waals surface area contributed by atoms with Crippen LogP contribution in [0, 0.1) is 0 Å². The summed E-state index contributed by atoms with van der Waals surface area (Å²) < 4.78 is 0. The lowest BCUT2D eigenvalue weighted by Gasteiger charge is -2.15. The molecule has 0 saturated carbocycles. The smallest absolute Gasteiger partial charge is 0.108 e. The van der Waals surface area contributed by atoms with Crippen molar-refractivity contribution in [2.45, 2.75) is 13.0 Å². The van der Waals surface area contributed by atoms with Crippen LogP contribution in [0.4, 0.5) is 0 Å². The molecule has 0 amide bonds. The first-order valence-corrected chi connectivity index (χ1v) is 7.30. The van der Waals surface area contributed by atoms with E-state index in [0.29, 0.717) is 0 Å². The molecule has 0 aliphatic rings. The van der Waals surface area contributed by atoms with E-state index >= 15 is 0 Å². The molecule has 0 radical (unpaired) electrons. The molecule has 1 N–H and O–H groups in total. The summed E-state index contributed by atoms with van der Waals surface area (Å²) in [6, 6.07) is 9.80. The van der Waals surface area contributed by atoms with Crippen molar-refractivity contribution in [3.8, 4) is 0 Å². The van der Waals surface area contributed by atoms with Gasteiger partial charge in [-0.3, -0.25) is 4.98 Å². The van der Waals surface area contributed by atoms with Crippen molar-refractivity contribution in [1.82, 2.24) is 19.9 Å². The van der Waals surface area contributed by atoms with Gasteiger partial charge in [-0.2, -0.15) is 0 Å². The third-order valence-corrected chi connectivity index (χ3v) is 3.66. The Labute approximate surface area is 128 Å². The van der Waals surface area contributed by atoms with Crippen LogP contribution in [0.1, 0.15) is 11.4 Å². The summed E-state index contributed by atoms with van der Waals surface area (Å²) in [4.78, 5) is 14.2. The van der Waals surface area contributed by atoms with Crippen LogP contribution >= 0.6 is 11.6 Å². The van der Waals surface area contributed by atoms with Crippen molar-refractivity contribution in [2.24, 2.45) is 0 Å². The molecule has 1 aromatic carbocycles. The highest BCUT2D eigenvalue weighted by molar-refractivity contribution is 6.31. The van der Waals surface area contributed by atoms with Gasteiger partial charge in [-0.15, -0.1) is 0 Å². The predicted molar refractivity (Wildman–Crippen MR) is 85.4 cm³/mol. The Balaban J connectivity index is 1.60. The Hall–Kier alpha value is -1.91. The van der Waals surface area contributed by atoms with Gasteiger partial charge in [0.25, 0.3) is 0 Å². The van der Waals surface area contributed by atoms with Crippen LogP contribution in [0.5, 0.6) is 0 Å². The normalized spacial score (nSPS) is 11.4. The topological polar surface area (TPSA) is 44.8 Å². The predicted octanol–water partition coefficient (Wildman–Crippen LogP) is 3.29. The number of hydrogen-bond donors (Lipinski definition) is 1. The van der Waals surface area contributed by atoms with Gasteiger partial charge in [0, 0.05) is 36.9 Å². The number of halogens is 1. The first-order valence-electron chi connectivity index (χ1n) is 6.92. The second-order valence-electron chi connectivity index (χ2n) is 5.19. The van der Waals surface area contributed by atoms with Crippen LogP contribution in [0.25, 0.3) is 11.0 Å². The van der Waals surface area contributed by atoms with E-state index in [-0.39, 0.29) is 0 Å². The maximum absolute atomic E-state index is 5.98. The number of hydrogen-bond acceptors (Lipinski definition) is 3. The molecule has 2 aromatic heterocycles. The summed E-state index contributed by atoms with van der Waals surface area (Å²) in [5.74, 6) is 0.994. The van der Waals surface area contributed by atoms with Gasteiger partial charge in [-0.25, -0.2) is 4.98 Å². The second-order valence-corrected chi connectivity index (χ2v) is 5.62. The van der Waals surface area contributed by atoms with E-state index in [0.717, 1.165) is 41.4 Å². The molecule has 0 aliphatic heterocycles. The quantitative estimate of drug-likeness (QED) is 0.786. The lowest BCUT2D eigenvalue weighted by atomic mass is 10.2. The molecule has 0 bridgehead atoms. The Morgan fingerprint density at radius 1 is 1.19 bits per heavy atom. The van der Waals surface area contributed by atoms with E-state index in [1.54, 1.807) is 0 Å². The molecule has 3 aromatic rings. The Kier molecular flexibility index (Phi) is 4.18. The van der Waals surface area contributed by atoms with Crippen LogP contribution in [0.3, 0.4) is 0 Å². The standard InChI is InChI=1S/C16H17ClN4/c1-21(11-12-4-7-18-8-5-12)9-6-16-19-14-3-2-13(17)10-15(14)20-16/h2-5,7-8,10H,6,9,11H2,1H3,(H,19,20). The van der Waals surface area contributed by atoms with Crippen LogP contribution in [-0.4, -0.2) is 33.4 Å². The summed E-state index contributed by atoms with van der Waals surface area (Å²) in [6.07, 6.45) is 4.53. The van der Waals surface area contributed by atoms with Crippen molar-refractivity contribution in [1.29, 1.82) is 0 Å². The van der Waals surface area contributed by atoms with E-state index in [1.165, 1.54) is 5.56 Å². The zero-order chi connectivity index (χ0) is 14.7. The van der Waals surface area contributed by atoms with E-state index in [1.807, 2.05) is 42.7 Å². The third kappa shape index (κ3) is 3.60. The van der Waals surface area contributed by atoms with Crippen LogP contribution in [0.2, 0.25) is 5.02 Å². The molecule has 0 saturated heterocycles. The van der Waals surface area contributed by atoms with Gasteiger partial charge < -0.3 is 9.88 Å². The van der Waals surface area contributed by atoms with Crippen LogP contribution < -0.4 is 0 Å². The third-order valence-electron chi connectivity index (χ3n) is 3.43. The van der Waals surface area contributed by atoms with E-state index in [2.05, 4.69) is 26.9 Å². The molecule has 0 atom stereocenters. The highest BCUT2D eigenvalue weighted by atomic mass is 35.5. The van der Waals surface area contributed by atoms with Crippen LogP contribution in [0.15, 0.2) is 42.7 Å². The lowest BCUT2D eigenvalue weighted by molar-refractivity contribution is 0.329. The number of benzene rings is 1. The van der Waals surface area contributed by atoms with E-state index in [9.17, 15) is 0 Å². The first-order chi connectivity index (χ1) is 10.2. The van der Waals surface area contributed by atoms with Crippen LogP contribution in [-0.2, 0) is 13.0 Å². The number of fused-ring (bicyclic) bond motifs is 1. The molecular formula is C16H17ClN4. The Bertz CT molecular complexity index is 723. The number of aromatic nitrogens is 3. The fourth-order valence-electron chi connectivity index (χ4n) is 2.33. The number of pyridine rings is 1. The zero-order valence-electron chi connectivity index (χ0n) is 11.9. The molecule has 4 nitrogen and oxygen atoms in total. The fourth-order valence-corrected chi connectivity index (χ4v) is 2.50. The molecule has 2 heterocycles. The molecule has 0 unspecified atom stereocenters. The number of rotatable bonds is 5. The van der Waals surface area contributed by atoms with Gasteiger partial charge in [-0.1, -0.05) is 11.6 Å². The van der Waals surface area contributed by atoms with Gasteiger partial charge in [0.15, 0.2) is 0 Å². The largest absolute Gasteiger partial charge is 0.342 e. The number of nitrogens with zero attached hydrogens (tertiary/aromatic N) is 3. The highest BCUT2D eigenvalue weighted by Crippen LogP contribution is 2.17. The van der Waals surface area contributed by atoms with Gasteiger partial charge in [-0.05, 0) is 42.9 Å². The molecule has 5 heteroatoms. The number of aromatic amines is 1. The van der Waals surface area contributed by atoms with E-state index < -0.39 is 0 Å². The number of imidazole rings is 1. The summed E-state index contributed by atoms with van der Waals surface area (Å²) in [7, 11) is 2.11. The first kappa shape index (κ1) is 14.0. The molecule has 0 fully saturated rings. The lowest BCUT2D eigenvalue weighted by Crippen LogP contribution is -2.21. The van der Waals surface area contributed by atoms with Gasteiger partial charge >= 0.3 is 0 Å². The molecule has 0 spiro atoms. The SMILES string of the molecule is CN(CCc1nc2ccc(Cl)cc2[nH]1)Cc1ccncc1. The maximum atomic E-state index is 5.98. The number of H-pyrrole nitrogens is 1. The molecule has 21 heavy (non-hydrogen) atoms. The fraction of sp³-hybridized carbons (Fsp3) is 0.250. The zero-order valence-corrected chi connectivity index (χ0v) is 12.6.